The summed E-state index contributed by atoms with van der Waals surface area (Å²) in [6.07, 6.45) is 6.16. The molecule has 1 aromatic heterocycles. The number of nitrogens with one attached hydrogen (secondary N) is 1. The number of ether oxygens (including phenoxy) is 1. The lowest BCUT2D eigenvalue weighted by Crippen LogP contribution is -2.39. The summed E-state index contributed by atoms with van der Waals surface area (Å²) in [7, 11) is 1.72. The molecule has 2 heterocycles. The van der Waals surface area contributed by atoms with Gasteiger partial charge in [0.1, 0.15) is 11.6 Å². The van der Waals surface area contributed by atoms with E-state index < -0.39 is 0 Å². The fourth-order valence-electron chi connectivity index (χ4n) is 3.69. The van der Waals surface area contributed by atoms with Gasteiger partial charge in [-0.15, -0.1) is 0 Å². The number of para-hydroxylation sites is 3. The fourth-order valence-corrected chi connectivity index (χ4v) is 3.69. The van der Waals surface area contributed by atoms with Crippen molar-refractivity contribution in [3.05, 3.63) is 72.8 Å². The third kappa shape index (κ3) is 4.14. The Kier molecular flexibility index (Phi) is 5.39. The summed E-state index contributed by atoms with van der Waals surface area (Å²) in [5.74, 6) is 2.00. The Balaban J connectivity index is 1.35. The molecule has 0 spiro atoms. The average Bonchev–Trinajstić information content (AvgIpc) is 3.19. The van der Waals surface area contributed by atoms with Gasteiger partial charge in [-0.2, -0.15) is 0 Å². The van der Waals surface area contributed by atoms with Gasteiger partial charge in [0.05, 0.1) is 19.3 Å². The van der Waals surface area contributed by atoms with Crippen LogP contribution in [0.3, 0.4) is 0 Å². The molecule has 1 aliphatic heterocycles. The SMILES string of the molecule is COc1ccccc1NC1CCN(Cc2nccn2-c2ccccc2)CC1. The predicted molar refractivity (Wildman–Crippen MR) is 108 cm³/mol. The zero-order valence-electron chi connectivity index (χ0n) is 15.7. The molecule has 2 aromatic carbocycles. The first-order chi connectivity index (χ1) is 13.3. The van der Waals surface area contributed by atoms with Gasteiger partial charge in [-0.05, 0) is 37.1 Å². The molecule has 1 saturated heterocycles. The van der Waals surface area contributed by atoms with Gasteiger partial charge in [-0.3, -0.25) is 4.90 Å². The number of aromatic nitrogens is 2. The van der Waals surface area contributed by atoms with Crippen LogP contribution in [0.5, 0.6) is 5.75 Å². The van der Waals surface area contributed by atoms with Gasteiger partial charge in [0.25, 0.3) is 0 Å². The van der Waals surface area contributed by atoms with Crippen LogP contribution in [0.2, 0.25) is 0 Å². The minimum Gasteiger partial charge on any atom is -0.495 e. The van der Waals surface area contributed by atoms with Crippen molar-refractivity contribution in [3.63, 3.8) is 0 Å². The lowest BCUT2D eigenvalue weighted by atomic mass is 10.0. The first-order valence-corrected chi connectivity index (χ1v) is 9.53. The Hall–Kier alpha value is -2.79. The van der Waals surface area contributed by atoms with Gasteiger partial charge in [0, 0.05) is 37.2 Å². The lowest BCUT2D eigenvalue weighted by molar-refractivity contribution is 0.205. The van der Waals surface area contributed by atoms with Crippen LogP contribution in [0.25, 0.3) is 5.69 Å². The Morgan fingerprint density at radius 2 is 1.78 bits per heavy atom. The topological polar surface area (TPSA) is 42.3 Å². The van der Waals surface area contributed by atoms with Crippen molar-refractivity contribution in [2.45, 2.75) is 25.4 Å². The van der Waals surface area contributed by atoms with Crippen LogP contribution in [0, 0.1) is 0 Å². The summed E-state index contributed by atoms with van der Waals surface area (Å²) < 4.78 is 7.63. The molecule has 0 radical (unpaired) electrons. The molecule has 27 heavy (non-hydrogen) atoms. The number of methoxy groups -OCH3 is 1. The summed E-state index contributed by atoms with van der Waals surface area (Å²) in [5.41, 5.74) is 2.25. The summed E-state index contributed by atoms with van der Waals surface area (Å²) >= 11 is 0. The third-order valence-corrected chi connectivity index (χ3v) is 5.17. The summed E-state index contributed by atoms with van der Waals surface area (Å²) in [5, 5.41) is 3.64. The van der Waals surface area contributed by atoms with E-state index in [0.29, 0.717) is 6.04 Å². The highest BCUT2D eigenvalue weighted by molar-refractivity contribution is 5.56. The Morgan fingerprint density at radius 3 is 2.56 bits per heavy atom. The Morgan fingerprint density at radius 1 is 1.04 bits per heavy atom. The highest BCUT2D eigenvalue weighted by Gasteiger charge is 2.21. The normalized spacial score (nSPS) is 15.6. The van der Waals surface area contributed by atoms with E-state index in [0.717, 1.165) is 55.4 Å². The molecule has 0 amide bonds. The van der Waals surface area contributed by atoms with Crippen LogP contribution in [-0.2, 0) is 6.54 Å². The molecule has 0 bridgehead atoms. The monoisotopic (exact) mass is 362 g/mol. The number of nitrogens with zero attached hydrogens (tertiary/aromatic N) is 3. The zero-order chi connectivity index (χ0) is 18.5. The molecule has 1 N–H and O–H groups in total. The molecule has 140 valence electrons. The molecule has 1 fully saturated rings. The van der Waals surface area contributed by atoms with Gasteiger partial charge in [0.15, 0.2) is 0 Å². The van der Waals surface area contributed by atoms with Crippen molar-refractivity contribution in [3.8, 4) is 11.4 Å². The van der Waals surface area contributed by atoms with Gasteiger partial charge in [0.2, 0.25) is 0 Å². The highest BCUT2D eigenvalue weighted by atomic mass is 16.5. The van der Waals surface area contributed by atoms with Crippen LogP contribution in [0.15, 0.2) is 67.0 Å². The first kappa shape index (κ1) is 17.6. The van der Waals surface area contributed by atoms with Gasteiger partial charge >= 0.3 is 0 Å². The number of benzene rings is 2. The molecule has 4 rings (SSSR count). The number of imidazole rings is 1. The largest absolute Gasteiger partial charge is 0.495 e. The quantitative estimate of drug-likeness (QED) is 0.721. The van der Waals surface area contributed by atoms with Crippen molar-refractivity contribution >= 4 is 5.69 Å². The second kappa shape index (κ2) is 8.27. The summed E-state index contributed by atoms with van der Waals surface area (Å²) in [6.45, 7) is 3.01. The molecule has 0 aliphatic carbocycles. The summed E-state index contributed by atoms with van der Waals surface area (Å²) in [6, 6.07) is 19.0. The molecule has 0 atom stereocenters. The number of hydrogen-bond acceptors (Lipinski definition) is 4. The number of likely N-dealkylation sites (tertiary alicyclic amines) is 1. The van der Waals surface area contributed by atoms with E-state index in [1.54, 1.807) is 7.11 Å². The van der Waals surface area contributed by atoms with E-state index in [9.17, 15) is 0 Å². The molecule has 5 heteroatoms. The number of rotatable bonds is 6. The second-order valence-electron chi connectivity index (χ2n) is 6.94. The predicted octanol–water partition coefficient (Wildman–Crippen LogP) is 3.96. The molecule has 1 aliphatic rings. The maximum atomic E-state index is 5.45. The van der Waals surface area contributed by atoms with E-state index in [2.05, 4.69) is 50.1 Å². The molecular weight excluding hydrogens is 336 g/mol. The molecule has 0 unspecified atom stereocenters. The maximum Gasteiger partial charge on any atom is 0.141 e. The smallest absolute Gasteiger partial charge is 0.141 e. The van der Waals surface area contributed by atoms with Gasteiger partial charge < -0.3 is 14.6 Å². The lowest BCUT2D eigenvalue weighted by Gasteiger charge is -2.33. The zero-order valence-corrected chi connectivity index (χ0v) is 15.7. The Labute approximate surface area is 160 Å². The van der Waals surface area contributed by atoms with Crippen LogP contribution >= 0.6 is 0 Å². The number of piperidine rings is 1. The second-order valence-corrected chi connectivity index (χ2v) is 6.94. The minimum atomic E-state index is 0.478. The number of anilines is 1. The number of hydrogen-bond donors (Lipinski definition) is 1. The Bertz CT molecular complexity index is 854. The molecule has 5 nitrogen and oxygen atoms in total. The molecule has 3 aromatic rings. The third-order valence-electron chi connectivity index (χ3n) is 5.17. The van der Waals surface area contributed by atoms with E-state index in [1.807, 2.05) is 36.7 Å². The molecular formula is C22H26N4O. The van der Waals surface area contributed by atoms with E-state index in [-0.39, 0.29) is 0 Å². The van der Waals surface area contributed by atoms with E-state index in [4.69, 9.17) is 4.74 Å². The fraction of sp³-hybridized carbons (Fsp3) is 0.318. The van der Waals surface area contributed by atoms with Crippen molar-refractivity contribution in [2.24, 2.45) is 0 Å². The maximum absolute atomic E-state index is 5.45. The van der Waals surface area contributed by atoms with E-state index in [1.165, 1.54) is 0 Å². The minimum absolute atomic E-state index is 0.478. The highest BCUT2D eigenvalue weighted by Crippen LogP contribution is 2.26. The van der Waals surface area contributed by atoms with Crippen molar-refractivity contribution in [1.29, 1.82) is 0 Å². The standard InChI is InChI=1S/C22H26N4O/c1-27-21-10-6-5-9-20(21)24-18-11-14-25(15-12-18)17-22-23-13-16-26(22)19-7-3-2-4-8-19/h2-10,13,16,18,24H,11-12,14-15,17H2,1H3. The van der Waals surface area contributed by atoms with Crippen LogP contribution in [0.4, 0.5) is 5.69 Å². The van der Waals surface area contributed by atoms with Crippen LogP contribution in [-0.4, -0.2) is 40.7 Å². The van der Waals surface area contributed by atoms with Crippen molar-refractivity contribution in [2.75, 3.05) is 25.5 Å². The first-order valence-electron chi connectivity index (χ1n) is 9.53. The van der Waals surface area contributed by atoms with Gasteiger partial charge in [-0.25, -0.2) is 4.98 Å². The molecule has 0 saturated carbocycles. The van der Waals surface area contributed by atoms with Crippen molar-refractivity contribution in [1.82, 2.24) is 14.5 Å². The van der Waals surface area contributed by atoms with Gasteiger partial charge in [-0.1, -0.05) is 30.3 Å². The van der Waals surface area contributed by atoms with Crippen LogP contribution < -0.4 is 10.1 Å². The van der Waals surface area contributed by atoms with E-state index >= 15 is 0 Å². The van der Waals surface area contributed by atoms with Crippen LogP contribution in [0.1, 0.15) is 18.7 Å². The summed E-state index contributed by atoms with van der Waals surface area (Å²) in [4.78, 5) is 7.07. The van der Waals surface area contributed by atoms with Crippen molar-refractivity contribution < 1.29 is 4.74 Å². The average molecular weight is 362 g/mol.